The smallest absolute Gasteiger partial charge is 0.224 e. The molecule has 0 spiro atoms. The average Bonchev–Trinajstić information content (AvgIpc) is 2.99. The molecular weight excluding hydrogens is 338 g/mol. The second-order valence-corrected chi connectivity index (χ2v) is 8.29. The largest absolute Gasteiger partial charge is 0.342 e. The van der Waals surface area contributed by atoms with Crippen LogP contribution in [0.15, 0.2) is 24.3 Å². The van der Waals surface area contributed by atoms with Gasteiger partial charge in [0.15, 0.2) is 0 Å². The molecule has 2 fully saturated rings. The van der Waals surface area contributed by atoms with Crippen LogP contribution < -0.4 is 0 Å². The van der Waals surface area contributed by atoms with Gasteiger partial charge in [-0.3, -0.25) is 9.59 Å². The maximum absolute atomic E-state index is 12.8. The molecule has 2 aliphatic heterocycles. The van der Waals surface area contributed by atoms with E-state index in [0.717, 1.165) is 38.9 Å². The average molecular weight is 372 g/mol. The molecule has 0 aliphatic carbocycles. The first-order chi connectivity index (χ1) is 13.0. The van der Waals surface area contributed by atoms with Crippen molar-refractivity contribution in [2.45, 2.75) is 51.0 Å². The number of likely N-dealkylation sites (tertiary alicyclic amines) is 2. The topological polar surface area (TPSA) is 43.9 Å². The molecule has 1 aromatic carbocycles. The molecule has 2 saturated heterocycles. The number of aryl methyl sites for hydroxylation is 1. The molecule has 0 saturated carbocycles. The highest BCUT2D eigenvalue weighted by atomic mass is 16.2. The Bertz CT molecular complexity index is 656. The van der Waals surface area contributed by atoms with Crippen LogP contribution in [0.1, 0.15) is 49.1 Å². The van der Waals surface area contributed by atoms with Crippen molar-refractivity contribution in [1.82, 2.24) is 14.7 Å². The molecule has 2 aliphatic rings. The van der Waals surface area contributed by atoms with Crippen LogP contribution in [0.2, 0.25) is 0 Å². The van der Waals surface area contributed by atoms with Gasteiger partial charge in [-0.15, -0.1) is 0 Å². The van der Waals surface area contributed by atoms with Crippen molar-refractivity contribution in [2.24, 2.45) is 0 Å². The molecule has 0 unspecified atom stereocenters. The van der Waals surface area contributed by atoms with Gasteiger partial charge in [-0.05, 0) is 39.4 Å². The fourth-order valence-corrected chi connectivity index (χ4v) is 4.32. The highest BCUT2D eigenvalue weighted by Crippen LogP contribution is 2.31. The number of nitrogens with zero attached hydrogens (tertiary/aromatic N) is 3. The van der Waals surface area contributed by atoms with Gasteiger partial charge in [-0.2, -0.15) is 0 Å². The highest BCUT2D eigenvalue weighted by molar-refractivity contribution is 5.79. The van der Waals surface area contributed by atoms with Gasteiger partial charge in [-0.1, -0.05) is 36.2 Å². The lowest BCUT2D eigenvalue weighted by atomic mass is 9.93. The van der Waals surface area contributed by atoms with E-state index in [9.17, 15) is 9.59 Å². The summed E-state index contributed by atoms with van der Waals surface area (Å²) >= 11 is 0. The van der Waals surface area contributed by atoms with Crippen LogP contribution in [0, 0.1) is 6.92 Å². The lowest BCUT2D eigenvalue weighted by molar-refractivity contribution is -0.133. The summed E-state index contributed by atoms with van der Waals surface area (Å²) < 4.78 is 0. The number of amides is 2. The second-order valence-electron chi connectivity index (χ2n) is 8.29. The molecule has 5 heteroatoms. The van der Waals surface area contributed by atoms with Crippen molar-refractivity contribution in [3.63, 3.8) is 0 Å². The summed E-state index contributed by atoms with van der Waals surface area (Å²) in [6, 6.07) is 9.02. The van der Waals surface area contributed by atoms with Gasteiger partial charge in [0.25, 0.3) is 0 Å². The number of rotatable bonds is 5. The summed E-state index contributed by atoms with van der Waals surface area (Å²) in [7, 11) is 4.19. The summed E-state index contributed by atoms with van der Waals surface area (Å²) in [5.41, 5.74) is 2.56. The predicted octanol–water partition coefficient (Wildman–Crippen LogP) is 2.64. The van der Waals surface area contributed by atoms with Crippen molar-refractivity contribution in [1.29, 1.82) is 0 Å². The van der Waals surface area contributed by atoms with Crippen molar-refractivity contribution in [3.05, 3.63) is 35.4 Å². The Labute approximate surface area is 163 Å². The minimum atomic E-state index is 0.175. The molecule has 0 N–H and O–H groups in total. The third-order valence-corrected chi connectivity index (χ3v) is 6.08. The fraction of sp³-hybridized carbons (Fsp3) is 0.636. The van der Waals surface area contributed by atoms with E-state index < -0.39 is 0 Å². The monoisotopic (exact) mass is 371 g/mol. The number of carbonyl (C=O) groups is 2. The molecule has 1 aromatic rings. The molecule has 148 valence electrons. The normalized spacial score (nSPS) is 23.8. The van der Waals surface area contributed by atoms with E-state index in [0.29, 0.717) is 31.3 Å². The minimum Gasteiger partial charge on any atom is -0.342 e. The van der Waals surface area contributed by atoms with E-state index in [1.807, 2.05) is 9.80 Å². The zero-order valence-corrected chi connectivity index (χ0v) is 17.0. The van der Waals surface area contributed by atoms with Crippen LogP contribution >= 0.6 is 0 Å². The molecule has 2 heterocycles. The van der Waals surface area contributed by atoms with Crippen molar-refractivity contribution in [2.75, 3.05) is 40.3 Å². The number of benzene rings is 1. The lowest BCUT2D eigenvalue weighted by Gasteiger charge is -2.25. The lowest BCUT2D eigenvalue weighted by Crippen LogP contribution is -2.38. The van der Waals surface area contributed by atoms with Crippen molar-refractivity contribution >= 4 is 11.8 Å². The standard InChI is InChI=1S/C22H33N3O2/c1-17-8-10-18(11-9-17)19-15-25(16-20(19)23(2)3)22(27)12-14-24-13-6-4-5-7-21(24)26/h8-11,19-20H,4-7,12-16H2,1-3H3/t19-,20+/m0/s1. The van der Waals surface area contributed by atoms with Gasteiger partial charge in [0.05, 0.1) is 0 Å². The van der Waals surface area contributed by atoms with E-state index in [4.69, 9.17) is 0 Å². The zero-order valence-electron chi connectivity index (χ0n) is 17.0. The minimum absolute atomic E-state index is 0.175. The first-order valence-corrected chi connectivity index (χ1v) is 10.2. The van der Waals surface area contributed by atoms with Crippen LogP contribution in [0.4, 0.5) is 0 Å². The zero-order chi connectivity index (χ0) is 19.4. The van der Waals surface area contributed by atoms with E-state index in [1.54, 1.807) is 0 Å². The van der Waals surface area contributed by atoms with Crippen molar-refractivity contribution in [3.8, 4) is 0 Å². The Morgan fingerprint density at radius 2 is 1.85 bits per heavy atom. The summed E-state index contributed by atoms with van der Waals surface area (Å²) in [4.78, 5) is 31.1. The van der Waals surface area contributed by atoms with Crippen LogP contribution in [-0.4, -0.2) is 72.8 Å². The third kappa shape index (κ3) is 4.89. The van der Waals surface area contributed by atoms with Gasteiger partial charge >= 0.3 is 0 Å². The molecule has 0 radical (unpaired) electrons. The van der Waals surface area contributed by atoms with Gasteiger partial charge in [0, 0.05) is 51.0 Å². The fourth-order valence-electron chi connectivity index (χ4n) is 4.32. The SMILES string of the molecule is Cc1ccc([C@@H]2CN(C(=O)CCN3CCCCCC3=O)C[C@H]2N(C)C)cc1. The van der Waals surface area contributed by atoms with Gasteiger partial charge in [-0.25, -0.2) is 0 Å². The Morgan fingerprint density at radius 3 is 2.56 bits per heavy atom. The predicted molar refractivity (Wildman–Crippen MR) is 108 cm³/mol. The Morgan fingerprint density at radius 1 is 1.11 bits per heavy atom. The first kappa shape index (κ1) is 19.9. The molecule has 0 bridgehead atoms. The van der Waals surface area contributed by atoms with E-state index in [-0.39, 0.29) is 11.8 Å². The Kier molecular flexibility index (Phi) is 6.53. The van der Waals surface area contributed by atoms with Crippen LogP contribution in [0.3, 0.4) is 0 Å². The molecule has 5 nitrogen and oxygen atoms in total. The highest BCUT2D eigenvalue weighted by Gasteiger charge is 2.37. The number of carbonyl (C=O) groups excluding carboxylic acids is 2. The van der Waals surface area contributed by atoms with Gasteiger partial charge < -0.3 is 14.7 Å². The van der Waals surface area contributed by atoms with Gasteiger partial charge in [0.1, 0.15) is 0 Å². The quantitative estimate of drug-likeness (QED) is 0.799. The molecule has 2 atom stereocenters. The summed E-state index contributed by atoms with van der Waals surface area (Å²) in [6.07, 6.45) is 4.23. The van der Waals surface area contributed by atoms with Crippen molar-refractivity contribution < 1.29 is 9.59 Å². The van der Waals surface area contributed by atoms with Crippen LogP contribution in [-0.2, 0) is 9.59 Å². The molecule has 3 rings (SSSR count). The van der Waals surface area contributed by atoms with E-state index >= 15 is 0 Å². The van der Waals surface area contributed by atoms with E-state index in [2.05, 4.69) is 50.2 Å². The third-order valence-electron chi connectivity index (χ3n) is 6.08. The maximum Gasteiger partial charge on any atom is 0.224 e. The number of hydrogen-bond acceptors (Lipinski definition) is 3. The Hall–Kier alpha value is -1.88. The molecule has 27 heavy (non-hydrogen) atoms. The van der Waals surface area contributed by atoms with E-state index in [1.165, 1.54) is 11.1 Å². The number of hydrogen-bond donors (Lipinski definition) is 0. The van der Waals surface area contributed by atoms with Gasteiger partial charge in [0.2, 0.25) is 11.8 Å². The maximum atomic E-state index is 12.8. The summed E-state index contributed by atoms with van der Waals surface area (Å²) in [6.45, 7) is 4.99. The Balaban J connectivity index is 1.61. The molecule has 2 amide bonds. The molecular formula is C22H33N3O2. The van der Waals surface area contributed by atoms with Crippen LogP contribution in [0.5, 0.6) is 0 Å². The second kappa shape index (κ2) is 8.87. The van der Waals surface area contributed by atoms with Crippen LogP contribution in [0.25, 0.3) is 0 Å². The first-order valence-electron chi connectivity index (χ1n) is 10.2. The summed E-state index contributed by atoms with van der Waals surface area (Å²) in [5.74, 6) is 0.725. The molecule has 0 aromatic heterocycles. The summed E-state index contributed by atoms with van der Waals surface area (Å²) in [5, 5.41) is 0. The number of likely N-dealkylation sites (N-methyl/N-ethyl adjacent to an activating group) is 1.